The van der Waals surface area contributed by atoms with Gasteiger partial charge in [0.25, 0.3) is 0 Å². The molecule has 4 rings (SSSR count). The van der Waals surface area contributed by atoms with Crippen LogP contribution in [0.3, 0.4) is 0 Å². The van der Waals surface area contributed by atoms with Crippen LogP contribution in [0.15, 0.2) is 22.8 Å². The number of urea groups is 1. The zero-order chi connectivity index (χ0) is 19.8. The quantitative estimate of drug-likeness (QED) is 0.810. The van der Waals surface area contributed by atoms with Gasteiger partial charge in [-0.1, -0.05) is 0 Å². The molecule has 0 saturated carbocycles. The van der Waals surface area contributed by atoms with Gasteiger partial charge in [-0.2, -0.15) is 0 Å². The fourth-order valence-electron chi connectivity index (χ4n) is 4.15. The van der Waals surface area contributed by atoms with Gasteiger partial charge >= 0.3 is 6.03 Å². The molecule has 0 aliphatic carbocycles. The van der Waals surface area contributed by atoms with Crippen LogP contribution in [0.4, 0.5) is 4.79 Å². The Morgan fingerprint density at radius 2 is 2.00 bits per heavy atom. The highest BCUT2D eigenvalue weighted by Crippen LogP contribution is 2.35. The number of piperazine rings is 2. The van der Waals surface area contributed by atoms with E-state index < -0.39 is 6.04 Å². The van der Waals surface area contributed by atoms with Crippen molar-refractivity contribution in [1.82, 2.24) is 20.0 Å². The van der Waals surface area contributed by atoms with Crippen LogP contribution in [0.25, 0.3) is 0 Å². The number of rotatable bonds is 4. The Balaban J connectivity index is 1.41. The number of nitrogens with zero attached hydrogens (tertiary/aromatic N) is 3. The normalized spacial score (nSPS) is 27.2. The van der Waals surface area contributed by atoms with Crippen LogP contribution in [0.5, 0.6) is 0 Å². The summed E-state index contributed by atoms with van der Waals surface area (Å²) in [5.74, 6) is 1.62. The molecule has 3 aliphatic rings. The van der Waals surface area contributed by atoms with Gasteiger partial charge in [0.15, 0.2) is 0 Å². The summed E-state index contributed by atoms with van der Waals surface area (Å²) in [4.78, 5) is 43.5. The van der Waals surface area contributed by atoms with Crippen LogP contribution in [-0.2, 0) is 15.3 Å². The second kappa shape index (κ2) is 7.69. The van der Waals surface area contributed by atoms with Crippen molar-refractivity contribution in [2.24, 2.45) is 0 Å². The van der Waals surface area contributed by atoms with Gasteiger partial charge in [0.1, 0.15) is 17.8 Å². The molecule has 0 aromatic carbocycles. The molecule has 152 valence electrons. The summed E-state index contributed by atoms with van der Waals surface area (Å²) >= 11 is 1.72. The number of nitrogens with one attached hydrogen (secondary N) is 1. The molecule has 0 spiro atoms. The Morgan fingerprint density at radius 3 is 2.71 bits per heavy atom. The number of amides is 4. The van der Waals surface area contributed by atoms with Crippen LogP contribution in [0.2, 0.25) is 0 Å². The van der Waals surface area contributed by atoms with Gasteiger partial charge in [-0.15, -0.1) is 11.8 Å². The Morgan fingerprint density at radius 1 is 1.21 bits per heavy atom. The minimum Gasteiger partial charge on any atom is -0.468 e. The van der Waals surface area contributed by atoms with Gasteiger partial charge in [0.05, 0.1) is 18.6 Å². The van der Waals surface area contributed by atoms with E-state index in [-0.39, 0.29) is 41.7 Å². The summed E-state index contributed by atoms with van der Waals surface area (Å²) in [5, 5.41) is 3.08. The van der Waals surface area contributed by atoms with Crippen molar-refractivity contribution < 1.29 is 18.8 Å². The molecule has 8 nitrogen and oxygen atoms in total. The molecule has 28 heavy (non-hydrogen) atoms. The van der Waals surface area contributed by atoms with E-state index in [4.69, 9.17) is 4.42 Å². The zero-order valence-corrected chi connectivity index (χ0v) is 17.0. The lowest BCUT2D eigenvalue weighted by atomic mass is 10.0. The topological polar surface area (TPSA) is 86.1 Å². The molecular weight excluding hydrogens is 380 g/mol. The van der Waals surface area contributed by atoms with Crippen LogP contribution in [0, 0.1) is 0 Å². The van der Waals surface area contributed by atoms with Gasteiger partial charge < -0.3 is 24.4 Å². The maximum Gasteiger partial charge on any atom is 0.317 e. The van der Waals surface area contributed by atoms with Gasteiger partial charge in [0.2, 0.25) is 11.8 Å². The minimum absolute atomic E-state index is 0.0228. The largest absolute Gasteiger partial charge is 0.468 e. The Hall–Kier alpha value is -2.16. The molecule has 4 heterocycles. The van der Waals surface area contributed by atoms with E-state index in [0.717, 1.165) is 11.5 Å². The fourth-order valence-corrected chi connectivity index (χ4v) is 5.30. The predicted molar refractivity (Wildman–Crippen MR) is 105 cm³/mol. The van der Waals surface area contributed by atoms with Gasteiger partial charge in [-0.05, 0) is 32.4 Å². The van der Waals surface area contributed by atoms with E-state index >= 15 is 0 Å². The predicted octanol–water partition coefficient (Wildman–Crippen LogP) is 1.13. The third-order valence-electron chi connectivity index (χ3n) is 5.52. The van der Waals surface area contributed by atoms with E-state index in [9.17, 15) is 14.4 Å². The molecule has 3 fully saturated rings. The molecule has 1 aromatic rings. The van der Waals surface area contributed by atoms with Crippen molar-refractivity contribution in [1.29, 1.82) is 0 Å². The molecule has 0 unspecified atom stereocenters. The number of fused-ring (bicyclic) bond motifs is 2. The summed E-state index contributed by atoms with van der Waals surface area (Å²) in [7, 11) is 0. The van der Waals surface area contributed by atoms with Crippen LogP contribution >= 0.6 is 11.8 Å². The number of hydrogen-bond donors (Lipinski definition) is 1. The second-order valence-electron chi connectivity index (χ2n) is 7.85. The van der Waals surface area contributed by atoms with Crippen LogP contribution in [-0.4, -0.2) is 82.1 Å². The Kier molecular flexibility index (Phi) is 5.27. The Labute approximate surface area is 168 Å². The first-order valence-corrected chi connectivity index (χ1v) is 10.8. The van der Waals surface area contributed by atoms with Crippen molar-refractivity contribution in [3.63, 3.8) is 0 Å². The third kappa shape index (κ3) is 3.59. The maximum atomic E-state index is 13.1. The zero-order valence-electron chi connectivity index (χ0n) is 16.2. The van der Waals surface area contributed by atoms with Crippen molar-refractivity contribution in [3.8, 4) is 0 Å². The lowest BCUT2D eigenvalue weighted by Crippen LogP contribution is -2.69. The molecule has 3 saturated heterocycles. The molecule has 9 heteroatoms. The molecule has 0 bridgehead atoms. The van der Waals surface area contributed by atoms with E-state index in [2.05, 4.69) is 5.32 Å². The molecule has 4 amide bonds. The summed E-state index contributed by atoms with van der Waals surface area (Å²) < 4.78 is 5.37. The molecule has 0 radical (unpaired) electrons. The fraction of sp³-hybridized carbons (Fsp3) is 0.632. The van der Waals surface area contributed by atoms with Gasteiger partial charge in [-0.3, -0.25) is 9.59 Å². The van der Waals surface area contributed by atoms with E-state index in [1.807, 2.05) is 26.0 Å². The third-order valence-corrected chi connectivity index (χ3v) is 6.78. The smallest absolute Gasteiger partial charge is 0.317 e. The standard InChI is InChI=1S/C19H26N4O4S/c1-12(2)20-19(26)21-5-6-22-16(10-21)18(25)23-9-14(8-15(23)17(22)24)28-11-13-4-3-7-27-13/h3-4,7,12,14-16H,5-6,8-11H2,1-2H3,(H,20,26)/t14-,15-,16+/m0/s1. The van der Waals surface area contributed by atoms with Crippen molar-refractivity contribution in [2.75, 3.05) is 26.2 Å². The first kappa shape index (κ1) is 19.2. The van der Waals surface area contributed by atoms with E-state index in [1.165, 1.54) is 0 Å². The SMILES string of the molecule is CC(C)NC(=O)N1CCN2C(=O)[C@@H]3C[C@H](SCc4ccco4)CN3C(=O)[C@H]2C1. The maximum absolute atomic E-state index is 13.1. The highest BCUT2D eigenvalue weighted by molar-refractivity contribution is 7.99. The molecule has 3 atom stereocenters. The average molecular weight is 407 g/mol. The molecular formula is C19H26N4O4S. The molecule has 3 aliphatic heterocycles. The van der Waals surface area contributed by atoms with Crippen molar-refractivity contribution in [2.45, 2.75) is 49.4 Å². The highest BCUT2D eigenvalue weighted by Gasteiger charge is 2.52. The number of carbonyl (C=O) groups excluding carboxylic acids is 3. The molecule has 1 N–H and O–H groups in total. The van der Waals surface area contributed by atoms with Crippen molar-refractivity contribution >= 4 is 29.6 Å². The van der Waals surface area contributed by atoms with E-state index in [1.54, 1.807) is 32.7 Å². The van der Waals surface area contributed by atoms with Gasteiger partial charge in [-0.25, -0.2) is 4.79 Å². The Bertz CT molecular complexity index is 753. The van der Waals surface area contributed by atoms with Crippen molar-refractivity contribution in [3.05, 3.63) is 24.2 Å². The lowest BCUT2D eigenvalue weighted by molar-refractivity contribution is -0.162. The molecule has 1 aromatic heterocycles. The van der Waals surface area contributed by atoms with Crippen LogP contribution in [0.1, 0.15) is 26.0 Å². The first-order chi connectivity index (χ1) is 13.4. The lowest BCUT2D eigenvalue weighted by Gasteiger charge is -2.47. The first-order valence-electron chi connectivity index (χ1n) is 9.74. The number of furan rings is 1. The number of carbonyl (C=O) groups is 3. The number of thioether (sulfide) groups is 1. The average Bonchev–Trinajstić information content (AvgIpc) is 3.33. The second-order valence-corrected chi connectivity index (χ2v) is 9.14. The summed E-state index contributed by atoms with van der Waals surface area (Å²) in [6, 6.07) is 2.72. The van der Waals surface area contributed by atoms with Crippen LogP contribution < -0.4 is 5.32 Å². The monoisotopic (exact) mass is 406 g/mol. The van der Waals surface area contributed by atoms with Gasteiger partial charge in [0, 0.05) is 30.9 Å². The summed E-state index contributed by atoms with van der Waals surface area (Å²) in [6.07, 6.45) is 2.33. The minimum atomic E-state index is -0.566. The summed E-state index contributed by atoms with van der Waals surface area (Å²) in [5.41, 5.74) is 0. The van der Waals surface area contributed by atoms with E-state index in [0.29, 0.717) is 26.1 Å². The highest BCUT2D eigenvalue weighted by atomic mass is 32.2. The number of hydrogen-bond acceptors (Lipinski definition) is 5. The summed E-state index contributed by atoms with van der Waals surface area (Å²) in [6.45, 7) is 5.50.